The van der Waals surface area contributed by atoms with Crippen LogP contribution in [0.3, 0.4) is 0 Å². The molecule has 4 N–H and O–H groups in total. The van der Waals surface area contributed by atoms with E-state index in [0.717, 1.165) is 6.92 Å². The van der Waals surface area contributed by atoms with E-state index in [2.05, 4.69) is 0 Å². The van der Waals surface area contributed by atoms with Gasteiger partial charge in [0.1, 0.15) is 0 Å². The van der Waals surface area contributed by atoms with Gasteiger partial charge in [0.15, 0.2) is 0 Å². The van der Waals surface area contributed by atoms with Crippen LogP contribution in [0.4, 0.5) is 0 Å². The molecule has 4 heteroatoms. The maximum Gasteiger partial charge on any atom is 0.300 e. The molecule has 58 valence electrons. The van der Waals surface area contributed by atoms with Crippen molar-refractivity contribution >= 4 is 5.97 Å². The Morgan fingerprint density at radius 2 is 1.75 bits per heavy atom. The van der Waals surface area contributed by atoms with Gasteiger partial charge in [-0.3, -0.25) is 4.79 Å². The summed E-state index contributed by atoms with van der Waals surface area (Å²) in [5, 5.41) is 15.0. The molecule has 0 radical (unpaired) electrons. The van der Waals surface area contributed by atoms with Gasteiger partial charge in [0, 0.05) is 17.8 Å². The lowest BCUT2D eigenvalue weighted by atomic mass is 10.9. The van der Waals surface area contributed by atoms with Crippen LogP contribution in [0.5, 0.6) is 0 Å². The Bertz CT molecular complexity index is 48.6. The Balaban J connectivity index is -0.00000000848. The fourth-order valence-electron chi connectivity index (χ4n) is 0. The van der Waals surface area contributed by atoms with E-state index < -0.39 is 5.97 Å². The molecule has 0 unspecified atom stereocenters. The molecule has 0 amide bonds. The lowest BCUT2D eigenvalue weighted by Gasteiger charge is -1.59. The zero-order valence-corrected chi connectivity index (χ0v) is 5.01. The Hall–Kier alpha value is -0.610. The summed E-state index contributed by atoms with van der Waals surface area (Å²) >= 11 is 0. The van der Waals surface area contributed by atoms with Crippen molar-refractivity contribution in [3.63, 3.8) is 0 Å². The molecule has 0 atom stereocenters. The molecular formula is C4H18O4. The Labute approximate surface area is 52.5 Å². The number of carboxylic acid groups (broad SMARTS) is 1. The molecule has 0 spiro atoms. The van der Waals surface area contributed by atoms with Crippen molar-refractivity contribution in [1.82, 2.24) is 0 Å². The molecule has 0 aromatic heterocycles. The number of aliphatic hydroxyl groups is 1. The van der Waals surface area contributed by atoms with E-state index in [1.807, 2.05) is 0 Å². The second-order valence-electron chi connectivity index (χ2n) is 0.835. The first kappa shape index (κ1) is 15.7. The number of aliphatic hydroxyl groups excluding tert-OH is 1. The van der Waals surface area contributed by atoms with Gasteiger partial charge in [-0.1, -0.05) is 0 Å². The number of carbonyl (C=O) groups is 1. The van der Waals surface area contributed by atoms with Crippen molar-refractivity contribution in [2.45, 2.75) is 13.8 Å². The first-order valence-electron chi connectivity index (χ1n) is 1.95. The Kier molecular flexibility index (Phi) is 31.6. The molecule has 0 aliphatic heterocycles. The molecule has 0 bridgehead atoms. The smallest absolute Gasteiger partial charge is 0.300 e. The topological polar surface area (TPSA) is 89.0 Å². The third kappa shape index (κ3) is 279. The van der Waals surface area contributed by atoms with Crippen LogP contribution in [0.2, 0.25) is 0 Å². The van der Waals surface area contributed by atoms with Gasteiger partial charge in [-0.15, -0.1) is 0 Å². The van der Waals surface area contributed by atoms with Gasteiger partial charge in [0.2, 0.25) is 0 Å². The van der Waals surface area contributed by atoms with Crippen molar-refractivity contribution in [3.8, 4) is 0 Å². The highest BCUT2D eigenvalue weighted by Crippen LogP contribution is 1.42. The first-order chi connectivity index (χ1) is 3.15. The van der Waals surface area contributed by atoms with Crippen molar-refractivity contribution in [1.29, 1.82) is 0 Å². The Morgan fingerprint density at radius 1 is 1.75 bits per heavy atom. The summed E-state index contributed by atoms with van der Waals surface area (Å²) < 4.78 is 0. The number of hydrogen-bond acceptors (Lipinski definition) is 2. The molecule has 0 saturated carbocycles. The molecule has 0 rings (SSSR count). The average molecular weight is 130 g/mol. The number of hydrogen-bond donors (Lipinski definition) is 2. The van der Waals surface area contributed by atoms with Crippen LogP contribution >= 0.6 is 0 Å². The molecule has 8 heavy (non-hydrogen) atoms. The van der Waals surface area contributed by atoms with Crippen LogP contribution in [0.1, 0.15) is 18.1 Å². The van der Waals surface area contributed by atoms with Crippen LogP contribution in [0.25, 0.3) is 0 Å². The van der Waals surface area contributed by atoms with Crippen molar-refractivity contribution in [3.05, 3.63) is 0 Å². The van der Waals surface area contributed by atoms with Crippen LogP contribution in [-0.2, 0) is 4.79 Å². The molecule has 0 saturated heterocycles. The minimum atomic E-state index is -0.833. The highest BCUT2D eigenvalue weighted by molar-refractivity contribution is 5.62. The van der Waals surface area contributed by atoms with E-state index in [9.17, 15) is 0 Å². The van der Waals surface area contributed by atoms with E-state index in [1.54, 1.807) is 6.92 Å². The van der Waals surface area contributed by atoms with Crippen molar-refractivity contribution in [2.75, 3.05) is 6.61 Å². The van der Waals surface area contributed by atoms with Crippen LogP contribution in [0.15, 0.2) is 0 Å². The summed E-state index contributed by atoms with van der Waals surface area (Å²) in [6.07, 6.45) is 0. The fraction of sp³-hybridized carbons (Fsp3) is 0.750. The molecule has 0 aliphatic rings. The summed E-state index contributed by atoms with van der Waals surface area (Å²) in [4.78, 5) is 9.00. The zero-order chi connectivity index (χ0) is 6.28. The predicted molar refractivity (Wildman–Crippen MR) is 36.0 cm³/mol. The highest BCUT2D eigenvalue weighted by atomic mass is 16.4. The fourth-order valence-corrected chi connectivity index (χ4v) is 0. The molecule has 0 aromatic carbocycles. The summed E-state index contributed by atoms with van der Waals surface area (Å²) in [6, 6.07) is 0. The third-order valence-corrected chi connectivity index (χ3v) is 0. The summed E-state index contributed by atoms with van der Waals surface area (Å²) in [7, 11) is 0. The van der Waals surface area contributed by atoms with E-state index in [4.69, 9.17) is 15.0 Å². The summed E-state index contributed by atoms with van der Waals surface area (Å²) in [6.45, 7) is 3.01. The molecule has 0 aliphatic carbocycles. The highest BCUT2D eigenvalue weighted by Gasteiger charge is 1.65. The average Bonchev–Trinajstić information content (AvgIpc) is 1.33. The Morgan fingerprint density at radius 3 is 1.75 bits per heavy atom. The lowest BCUT2D eigenvalue weighted by Crippen LogP contribution is -1.78. The standard InChI is InChI=1S/C2H4O2.C2H6O.H2O.3H2/c1-2(3)4;1-2-3;;;;/h1H3,(H,3,4);3H,2H2,1H3;1H2;3*1H. The van der Waals surface area contributed by atoms with Gasteiger partial charge >= 0.3 is 0 Å². The monoisotopic (exact) mass is 130 g/mol. The van der Waals surface area contributed by atoms with Crippen LogP contribution in [0, 0.1) is 0 Å². The molecule has 0 fully saturated rings. The maximum atomic E-state index is 9.00. The largest absolute Gasteiger partial charge is 0.481 e. The predicted octanol–water partition coefficient (Wildman–Crippen LogP) is 0.00280. The SMILES string of the molecule is CC(=O)O.CCO.O.[HH].[HH].[HH]. The molecule has 0 heterocycles. The van der Waals surface area contributed by atoms with Gasteiger partial charge in [-0.2, -0.15) is 0 Å². The first-order valence-corrected chi connectivity index (χ1v) is 1.95. The molecule has 4 nitrogen and oxygen atoms in total. The summed E-state index contributed by atoms with van der Waals surface area (Å²) in [5.74, 6) is -0.833. The van der Waals surface area contributed by atoms with Gasteiger partial charge in [0.05, 0.1) is 0 Å². The normalized spacial score (nSPS) is 5.38. The minimum absolute atomic E-state index is 0. The number of aliphatic carboxylic acids is 1. The van der Waals surface area contributed by atoms with E-state index in [0.29, 0.717) is 0 Å². The van der Waals surface area contributed by atoms with Gasteiger partial charge in [-0.25, -0.2) is 0 Å². The second kappa shape index (κ2) is 16.2. The van der Waals surface area contributed by atoms with Crippen LogP contribution < -0.4 is 0 Å². The van der Waals surface area contributed by atoms with E-state index in [1.165, 1.54) is 0 Å². The third-order valence-electron chi connectivity index (χ3n) is 0. The molecule has 0 aromatic rings. The maximum absolute atomic E-state index is 9.00. The van der Waals surface area contributed by atoms with Gasteiger partial charge < -0.3 is 15.7 Å². The second-order valence-corrected chi connectivity index (χ2v) is 0.835. The zero-order valence-electron chi connectivity index (χ0n) is 5.01. The lowest BCUT2D eigenvalue weighted by molar-refractivity contribution is -0.134. The van der Waals surface area contributed by atoms with Crippen LogP contribution in [-0.4, -0.2) is 28.3 Å². The van der Waals surface area contributed by atoms with Crippen molar-refractivity contribution in [2.24, 2.45) is 0 Å². The van der Waals surface area contributed by atoms with Crippen molar-refractivity contribution < 1.29 is 24.8 Å². The van der Waals surface area contributed by atoms with E-state index in [-0.39, 0.29) is 16.4 Å². The summed E-state index contributed by atoms with van der Waals surface area (Å²) in [5.41, 5.74) is 0. The van der Waals surface area contributed by atoms with Gasteiger partial charge in [0.25, 0.3) is 5.97 Å². The minimum Gasteiger partial charge on any atom is -0.481 e. The quantitative estimate of drug-likeness (QED) is 0.483. The number of rotatable bonds is 0. The van der Waals surface area contributed by atoms with Gasteiger partial charge in [-0.05, 0) is 6.92 Å². The van der Waals surface area contributed by atoms with E-state index >= 15 is 0 Å². The number of carboxylic acids is 1. The molecular weight excluding hydrogens is 112 g/mol.